The van der Waals surface area contributed by atoms with E-state index in [1.807, 2.05) is 6.92 Å². The molecule has 2 N–H and O–H groups in total. The third-order valence-corrected chi connectivity index (χ3v) is 0.790. The van der Waals surface area contributed by atoms with Crippen molar-refractivity contribution in [1.82, 2.24) is 0 Å². The van der Waals surface area contributed by atoms with E-state index in [4.69, 9.17) is 15.0 Å². The van der Waals surface area contributed by atoms with Crippen LogP contribution in [0.5, 0.6) is 0 Å². The van der Waals surface area contributed by atoms with Crippen molar-refractivity contribution in [2.24, 2.45) is 0 Å². The largest absolute Gasteiger partial charge is 0.481 e. The minimum Gasteiger partial charge on any atom is -0.481 e. The van der Waals surface area contributed by atoms with E-state index in [0.29, 0.717) is 6.61 Å². The number of aliphatic hydroxyl groups is 1. The number of ether oxygens (including phenoxy) is 1. The summed E-state index contributed by atoms with van der Waals surface area (Å²) in [6.07, 6.45) is -0.199. The number of aliphatic hydroxyl groups excluding tert-OH is 1. The molecule has 0 aromatic rings. The first-order chi connectivity index (χ1) is 5.91. The fourth-order valence-electron chi connectivity index (χ4n) is 0.323. The highest BCUT2D eigenvalue weighted by Gasteiger charge is 2.07. The number of carbonyl (C=O) groups is 2. The van der Waals surface area contributed by atoms with Gasteiger partial charge in [-0.25, -0.2) is 4.79 Å². The molecule has 0 aliphatic carbocycles. The molecule has 0 radical (unpaired) electrons. The molecule has 0 fully saturated rings. The van der Waals surface area contributed by atoms with E-state index in [-0.39, 0.29) is 0 Å². The summed E-state index contributed by atoms with van der Waals surface area (Å²) in [5.41, 5.74) is 0. The van der Waals surface area contributed by atoms with Crippen LogP contribution in [0.4, 0.5) is 0 Å². The fraction of sp³-hybridized carbons (Fsp3) is 0.750. The summed E-state index contributed by atoms with van der Waals surface area (Å²) in [5.74, 6) is -1.38. The van der Waals surface area contributed by atoms with Gasteiger partial charge in [0.05, 0.1) is 6.61 Å². The van der Waals surface area contributed by atoms with Crippen molar-refractivity contribution < 1.29 is 24.5 Å². The van der Waals surface area contributed by atoms with Crippen LogP contribution in [0.15, 0.2) is 0 Å². The average Bonchev–Trinajstić information content (AvgIpc) is 1.98. The Morgan fingerprint density at radius 2 is 1.85 bits per heavy atom. The van der Waals surface area contributed by atoms with Crippen LogP contribution in [0.3, 0.4) is 0 Å². The third-order valence-electron chi connectivity index (χ3n) is 0.790. The highest BCUT2D eigenvalue weighted by atomic mass is 16.5. The number of hydrogen-bond acceptors (Lipinski definition) is 4. The Bertz CT molecular complexity index is 149. The van der Waals surface area contributed by atoms with Crippen LogP contribution in [-0.2, 0) is 14.3 Å². The molecule has 0 aliphatic heterocycles. The van der Waals surface area contributed by atoms with E-state index < -0.39 is 18.0 Å². The van der Waals surface area contributed by atoms with Gasteiger partial charge >= 0.3 is 5.97 Å². The topological polar surface area (TPSA) is 83.8 Å². The molecule has 78 valence electrons. The molecule has 13 heavy (non-hydrogen) atoms. The Morgan fingerprint density at radius 3 is 2.08 bits per heavy atom. The minimum absolute atomic E-state index is 0.393. The van der Waals surface area contributed by atoms with Crippen LogP contribution in [0.2, 0.25) is 0 Å². The van der Waals surface area contributed by atoms with E-state index in [1.54, 1.807) is 0 Å². The molecule has 1 unspecified atom stereocenters. The smallest absolute Gasteiger partial charge is 0.334 e. The highest BCUT2D eigenvalue weighted by Crippen LogP contribution is 1.87. The first-order valence-electron chi connectivity index (χ1n) is 3.96. The maximum absolute atomic E-state index is 10.4. The van der Waals surface area contributed by atoms with Crippen molar-refractivity contribution in [3.05, 3.63) is 0 Å². The van der Waals surface area contributed by atoms with Gasteiger partial charge in [0, 0.05) is 6.92 Å². The summed E-state index contributed by atoms with van der Waals surface area (Å²) in [5, 5.41) is 16.0. The molecule has 5 nitrogen and oxygen atoms in total. The van der Waals surface area contributed by atoms with Gasteiger partial charge in [0.15, 0.2) is 0 Å². The van der Waals surface area contributed by atoms with Crippen molar-refractivity contribution in [2.45, 2.75) is 33.3 Å². The number of hydrogen-bond donors (Lipinski definition) is 2. The molecular formula is C8H16O5. The SMILES string of the molecule is CC(=O)O.CCCOC(=O)C(C)O. The highest BCUT2D eigenvalue weighted by molar-refractivity contribution is 5.73. The zero-order chi connectivity index (χ0) is 10.9. The normalized spacial score (nSPS) is 10.8. The number of carboxylic acid groups (broad SMARTS) is 1. The van der Waals surface area contributed by atoms with Gasteiger partial charge in [-0.2, -0.15) is 0 Å². The summed E-state index contributed by atoms with van der Waals surface area (Å²) in [4.78, 5) is 19.4. The molecule has 0 saturated carbocycles. The van der Waals surface area contributed by atoms with Crippen LogP contribution in [-0.4, -0.2) is 34.9 Å². The molecule has 0 amide bonds. The third kappa shape index (κ3) is 18.1. The van der Waals surface area contributed by atoms with Crippen LogP contribution < -0.4 is 0 Å². The predicted octanol–water partition coefficient (Wildman–Crippen LogP) is 0.411. The van der Waals surface area contributed by atoms with E-state index in [1.165, 1.54) is 6.92 Å². The number of aliphatic carboxylic acids is 1. The van der Waals surface area contributed by atoms with Gasteiger partial charge in [-0.15, -0.1) is 0 Å². The van der Waals surface area contributed by atoms with Crippen molar-refractivity contribution in [2.75, 3.05) is 6.61 Å². The van der Waals surface area contributed by atoms with Crippen molar-refractivity contribution >= 4 is 11.9 Å². The van der Waals surface area contributed by atoms with Crippen molar-refractivity contribution in [1.29, 1.82) is 0 Å². The molecule has 0 saturated heterocycles. The van der Waals surface area contributed by atoms with Gasteiger partial charge in [0.25, 0.3) is 5.97 Å². The molecule has 5 heteroatoms. The van der Waals surface area contributed by atoms with Crippen LogP contribution in [0.1, 0.15) is 27.2 Å². The number of rotatable bonds is 3. The Kier molecular flexibility index (Phi) is 9.98. The lowest BCUT2D eigenvalue weighted by atomic mass is 10.4. The van der Waals surface area contributed by atoms with Gasteiger partial charge in [-0.3, -0.25) is 4.79 Å². The summed E-state index contributed by atoms with van der Waals surface area (Å²) in [6.45, 7) is 4.76. The van der Waals surface area contributed by atoms with E-state index in [9.17, 15) is 4.79 Å². The molecule has 0 bridgehead atoms. The Balaban J connectivity index is 0. The second kappa shape index (κ2) is 8.99. The number of esters is 1. The number of carbonyl (C=O) groups excluding carboxylic acids is 1. The predicted molar refractivity (Wildman–Crippen MR) is 46.2 cm³/mol. The summed E-state index contributed by atoms with van der Waals surface area (Å²) >= 11 is 0. The van der Waals surface area contributed by atoms with Gasteiger partial charge < -0.3 is 14.9 Å². The maximum atomic E-state index is 10.4. The Labute approximate surface area is 77.3 Å². The summed E-state index contributed by atoms with van der Waals surface area (Å²) < 4.78 is 4.56. The summed E-state index contributed by atoms with van der Waals surface area (Å²) in [6, 6.07) is 0. The lowest BCUT2D eigenvalue weighted by Gasteiger charge is -2.03. The molecule has 0 spiro atoms. The molecule has 0 aliphatic rings. The fourth-order valence-corrected chi connectivity index (χ4v) is 0.323. The zero-order valence-corrected chi connectivity index (χ0v) is 8.11. The molecule has 0 aromatic heterocycles. The standard InChI is InChI=1S/C6H12O3.C2H4O2/c1-3-4-9-6(8)5(2)7;1-2(3)4/h5,7H,3-4H2,1-2H3;1H3,(H,3,4). The second-order valence-corrected chi connectivity index (χ2v) is 2.36. The monoisotopic (exact) mass is 192 g/mol. The van der Waals surface area contributed by atoms with E-state index in [2.05, 4.69) is 4.74 Å². The molecule has 0 rings (SSSR count). The lowest BCUT2D eigenvalue weighted by molar-refractivity contribution is -0.152. The van der Waals surface area contributed by atoms with E-state index in [0.717, 1.165) is 13.3 Å². The lowest BCUT2D eigenvalue weighted by Crippen LogP contribution is -2.19. The van der Waals surface area contributed by atoms with Crippen LogP contribution in [0, 0.1) is 0 Å². The zero-order valence-electron chi connectivity index (χ0n) is 8.11. The van der Waals surface area contributed by atoms with Gasteiger partial charge in [-0.1, -0.05) is 6.92 Å². The first-order valence-corrected chi connectivity index (χ1v) is 3.96. The minimum atomic E-state index is -0.989. The molecule has 0 heterocycles. The van der Waals surface area contributed by atoms with Crippen LogP contribution in [0.25, 0.3) is 0 Å². The van der Waals surface area contributed by atoms with Crippen molar-refractivity contribution in [3.63, 3.8) is 0 Å². The van der Waals surface area contributed by atoms with Crippen molar-refractivity contribution in [3.8, 4) is 0 Å². The van der Waals surface area contributed by atoms with E-state index >= 15 is 0 Å². The maximum Gasteiger partial charge on any atom is 0.334 e. The van der Waals surface area contributed by atoms with Crippen LogP contribution >= 0.6 is 0 Å². The van der Waals surface area contributed by atoms with Gasteiger partial charge in [0.1, 0.15) is 6.10 Å². The summed E-state index contributed by atoms with van der Waals surface area (Å²) in [7, 11) is 0. The molecule has 0 aromatic carbocycles. The quantitative estimate of drug-likeness (QED) is 0.633. The average molecular weight is 192 g/mol. The molecule has 1 atom stereocenters. The second-order valence-electron chi connectivity index (χ2n) is 2.36. The molecular weight excluding hydrogens is 176 g/mol. The Morgan fingerprint density at radius 1 is 1.46 bits per heavy atom. The van der Waals surface area contributed by atoms with Gasteiger partial charge in [0.2, 0.25) is 0 Å². The first kappa shape index (κ1) is 14.4. The number of carboxylic acids is 1. The van der Waals surface area contributed by atoms with Gasteiger partial charge in [-0.05, 0) is 13.3 Å². The Hall–Kier alpha value is -1.10.